The summed E-state index contributed by atoms with van der Waals surface area (Å²) in [5, 5.41) is 2.85. The van der Waals surface area contributed by atoms with Gasteiger partial charge in [0, 0.05) is 48.0 Å². The molecule has 5 heteroatoms. The molecule has 0 bridgehead atoms. The Morgan fingerprint density at radius 2 is 1.48 bits per heavy atom. The molecule has 27 heavy (non-hydrogen) atoms. The highest BCUT2D eigenvalue weighted by Crippen LogP contribution is 2.18. The monoisotopic (exact) mass is 361 g/mol. The van der Waals surface area contributed by atoms with Gasteiger partial charge in [0.15, 0.2) is 0 Å². The minimum absolute atomic E-state index is 0.104. The van der Waals surface area contributed by atoms with Gasteiger partial charge in [0.25, 0.3) is 11.8 Å². The number of carbonyl (C=O) groups excluding carboxylic acids is 2. The maximum Gasteiger partial charge on any atom is 0.255 e. The van der Waals surface area contributed by atoms with Crippen molar-refractivity contribution in [2.24, 2.45) is 0 Å². The number of hydrogen-bond acceptors (Lipinski definition) is 2. The summed E-state index contributed by atoms with van der Waals surface area (Å²) in [6.07, 6.45) is 0. The molecule has 0 saturated heterocycles. The second-order valence-corrected chi connectivity index (χ2v) is 6.73. The predicted molar refractivity (Wildman–Crippen MR) is 108 cm³/mol. The van der Waals surface area contributed by atoms with Gasteiger partial charge >= 0.3 is 0 Å². The van der Waals surface area contributed by atoms with Crippen molar-refractivity contribution < 1.29 is 9.59 Å². The van der Waals surface area contributed by atoms with Crippen LogP contribution < -0.4 is 5.32 Å². The molecule has 0 aliphatic carbocycles. The summed E-state index contributed by atoms with van der Waals surface area (Å²) in [4.78, 5) is 26.1. The quantitative estimate of drug-likeness (QED) is 0.762. The first-order valence-electron chi connectivity index (χ1n) is 8.75. The summed E-state index contributed by atoms with van der Waals surface area (Å²) in [7, 11) is 3.40. The molecular formula is C22H23N3O2. The SMILES string of the molecule is Cc1ccc(C)n1-c1ccc(C(=O)Nc2cccc(C(=O)N(C)C)c2)cc1. The average Bonchev–Trinajstić information content (AvgIpc) is 2.99. The van der Waals surface area contributed by atoms with Gasteiger partial charge < -0.3 is 14.8 Å². The van der Waals surface area contributed by atoms with Crippen LogP contribution in [0.25, 0.3) is 5.69 Å². The Morgan fingerprint density at radius 1 is 0.852 bits per heavy atom. The molecular weight excluding hydrogens is 338 g/mol. The van der Waals surface area contributed by atoms with Crippen molar-refractivity contribution in [3.05, 3.63) is 83.2 Å². The van der Waals surface area contributed by atoms with Gasteiger partial charge in [-0.25, -0.2) is 0 Å². The lowest BCUT2D eigenvalue weighted by Crippen LogP contribution is -2.22. The van der Waals surface area contributed by atoms with Gasteiger partial charge in [0.1, 0.15) is 0 Å². The normalized spacial score (nSPS) is 10.5. The van der Waals surface area contributed by atoms with Crippen LogP contribution in [0, 0.1) is 13.8 Å². The molecule has 1 heterocycles. The number of rotatable bonds is 4. The van der Waals surface area contributed by atoms with Crippen molar-refractivity contribution in [3.63, 3.8) is 0 Å². The van der Waals surface area contributed by atoms with Crippen LogP contribution in [0.4, 0.5) is 5.69 Å². The average molecular weight is 361 g/mol. The van der Waals surface area contributed by atoms with Crippen LogP contribution in [0.3, 0.4) is 0 Å². The van der Waals surface area contributed by atoms with Crippen molar-refractivity contribution >= 4 is 17.5 Å². The van der Waals surface area contributed by atoms with Crippen molar-refractivity contribution in [2.45, 2.75) is 13.8 Å². The largest absolute Gasteiger partial charge is 0.345 e. The number of aryl methyl sites for hydroxylation is 2. The van der Waals surface area contributed by atoms with E-state index in [0.717, 1.165) is 17.1 Å². The van der Waals surface area contributed by atoms with Crippen molar-refractivity contribution in [1.82, 2.24) is 9.47 Å². The van der Waals surface area contributed by atoms with E-state index >= 15 is 0 Å². The topological polar surface area (TPSA) is 54.3 Å². The third-order valence-electron chi connectivity index (χ3n) is 4.43. The Morgan fingerprint density at radius 3 is 2.07 bits per heavy atom. The van der Waals surface area contributed by atoms with Crippen LogP contribution in [-0.4, -0.2) is 35.4 Å². The number of benzene rings is 2. The van der Waals surface area contributed by atoms with Crippen molar-refractivity contribution in [1.29, 1.82) is 0 Å². The highest BCUT2D eigenvalue weighted by atomic mass is 16.2. The lowest BCUT2D eigenvalue weighted by atomic mass is 10.1. The number of carbonyl (C=O) groups is 2. The van der Waals surface area contributed by atoms with E-state index < -0.39 is 0 Å². The Labute approximate surface area is 159 Å². The summed E-state index contributed by atoms with van der Waals surface area (Å²) < 4.78 is 2.14. The fraction of sp³-hybridized carbons (Fsp3) is 0.182. The highest BCUT2D eigenvalue weighted by molar-refractivity contribution is 6.05. The Hall–Kier alpha value is -3.34. The number of nitrogens with zero attached hydrogens (tertiary/aromatic N) is 2. The van der Waals surface area contributed by atoms with E-state index in [1.165, 1.54) is 4.90 Å². The lowest BCUT2D eigenvalue weighted by Gasteiger charge is -2.12. The molecule has 0 spiro atoms. The molecule has 1 aromatic heterocycles. The highest BCUT2D eigenvalue weighted by Gasteiger charge is 2.11. The summed E-state index contributed by atoms with van der Waals surface area (Å²) in [6, 6.07) is 18.5. The van der Waals surface area contributed by atoms with Crippen LogP contribution in [-0.2, 0) is 0 Å². The summed E-state index contributed by atoms with van der Waals surface area (Å²) in [6.45, 7) is 4.10. The fourth-order valence-electron chi connectivity index (χ4n) is 3.03. The minimum atomic E-state index is -0.211. The minimum Gasteiger partial charge on any atom is -0.345 e. The zero-order valence-electron chi connectivity index (χ0n) is 16.0. The molecule has 3 rings (SSSR count). The third kappa shape index (κ3) is 3.92. The Balaban J connectivity index is 1.77. The molecule has 0 unspecified atom stereocenters. The van der Waals surface area contributed by atoms with Crippen LogP contribution in [0.2, 0.25) is 0 Å². The number of anilines is 1. The molecule has 0 aliphatic heterocycles. The van der Waals surface area contributed by atoms with Crippen LogP contribution in [0.5, 0.6) is 0 Å². The van der Waals surface area contributed by atoms with Crippen LogP contribution >= 0.6 is 0 Å². The smallest absolute Gasteiger partial charge is 0.255 e. The molecule has 0 fully saturated rings. The van der Waals surface area contributed by atoms with E-state index in [1.807, 2.05) is 12.1 Å². The Kier molecular flexibility index (Phi) is 5.12. The van der Waals surface area contributed by atoms with E-state index in [-0.39, 0.29) is 11.8 Å². The molecule has 3 aromatic rings. The van der Waals surface area contributed by atoms with Gasteiger partial charge in [0.05, 0.1) is 0 Å². The Bertz CT molecular complexity index is 966. The molecule has 0 atom stereocenters. The first-order chi connectivity index (χ1) is 12.9. The summed E-state index contributed by atoms with van der Waals surface area (Å²) in [5.41, 5.74) is 5.00. The lowest BCUT2D eigenvalue weighted by molar-refractivity contribution is 0.0827. The first kappa shape index (κ1) is 18.5. The van der Waals surface area contributed by atoms with Gasteiger partial charge in [-0.1, -0.05) is 6.07 Å². The number of hydrogen-bond donors (Lipinski definition) is 1. The molecule has 0 saturated carbocycles. The van der Waals surface area contributed by atoms with E-state index in [1.54, 1.807) is 50.5 Å². The van der Waals surface area contributed by atoms with Gasteiger partial charge in [-0.05, 0) is 68.4 Å². The third-order valence-corrected chi connectivity index (χ3v) is 4.43. The van der Waals surface area contributed by atoms with Gasteiger partial charge in [0.2, 0.25) is 0 Å². The van der Waals surface area contributed by atoms with E-state index in [9.17, 15) is 9.59 Å². The first-order valence-corrected chi connectivity index (χ1v) is 8.75. The van der Waals surface area contributed by atoms with Gasteiger partial charge in [-0.15, -0.1) is 0 Å². The number of nitrogens with one attached hydrogen (secondary N) is 1. The molecule has 0 aliphatic rings. The molecule has 5 nitrogen and oxygen atoms in total. The maximum absolute atomic E-state index is 12.5. The van der Waals surface area contributed by atoms with E-state index in [2.05, 4.69) is 35.9 Å². The second-order valence-electron chi connectivity index (χ2n) is 6.73. The van der Waals surface area contributed by atoms with Crippen molar-refractivity contribution in [2.75, 3.05) is 19.4 Å². The van der Waals surface area contributed by atoms with E-state index in [4.69, 9.17) is 0 Å². The fourth-order valence-corrected chi connectivity index (χ4v) is 3.03. The van der Waals surface area contributed by atoms with Crippen LogP contribution in [0.15, 0.2) is 60.7 Å². The maximum atomic E-state index is 12.5. The second kappa shape index (κ2) is 7.50. The number of aromatic nitrogens is 1. The van der Waals surface area contributed by atoms with Crippen molar-refractivity contribution in [3.8, 4) is 5.69 Å². The van der Waals surface area contributed by atoms with Gasteiger partial charge in [-0.2, -0.15) is 0 Å². The molecule has 1 N–H and O–H groups in total. The van der Waals surface area contributed by atoms with Gasteiger partial charge in [-0.3, -0.25) is 9.59 Å². The number of amides is 2. The molecule has 2 aromatic carbocycles. The zero-order valence-corrected chi connectivity index (χ0v) is 16.0. The predicted octanol–water partition coefficient (Wildman–Crippen LogP) is 4.05. The standard InChI is InChI=1S/C22H23N3O2/c1-15-8-9-16(2)25(15)20-12-10-17(11-13-20)21(26)23-19-7-5-6-18(14-19)22(27)24(3)4/h5-14H,1-4H3,(H,23,26). The molecule has 138 valence electrons. The molecule has 0 radical (unpaired) electrons. The van der Waals surface area contributed by atoms with Crippen LogP contribution in [0.1, 0.15) is 32.1 Å². The summed E-state index contributed by atoms with van der Waals surface area (Å²) in [5.74, 6) is -0.315. The van der Waals surface area contributed by atoms with E-state index in [0.29, 0.717) is 16.8 Å². The zero-order chi connectivity index (χ0) is 19.6. The molecule has 2 amide bonds. The summed E-state index contributed by atoms with van der Waals surface area (Å²) >= 11 is 0.